The molecular formula is C17H17N3O. The first-order valence-electron chi connectivity index (χ1n) is 7.01. The van der Waals surface area contributed by atoms with E-state index in [1.807, 2.05) is 50.2 Å². The highest BCUT2D eigenvalue weighted by atomic mass is 16.5. The lowest BCUT2D eigenvalue weighted by atomic mass is 10.1. The van der Waals surface area contributed by atoms with E-state index in [1.54, 1.807) is 0 Å². The number of hydrogen-bond donors (Lipinski definition) is 1. The Morgan fingerprint density at radius 2 is 1.86 bits per heavy atom. The molecule has 0 saturated carbocycles. The Morgan fingerprint density at radius 3 is 2.71 bits per heavy atom. The van der Waals surface area contributed by atoms with Crippen molar-refractivity contribution in [2.24, 2.45) is 0 Å². The molecule has 0 aliphatic rings. The Kier molecular flexibility index (Phi) is 3.69. The highest BCUT2D eigenvalue weighted by molar-refractivity contribution is 5.88. The van der Waals surface area contributed by atoms with Crippen LogP contribution in [0.3, 0.4) is 0 Å². The summed E-state index contributed by atoms with van der Waals surface area (Å²) in [5, 5.41) is 5.40. The number of aromatic nitrogens is 2. The normalized spacial score (nSPS) is 10.6. The number of aryl methyl sites for hydroxylation is 1. The Morgan fingerprint density at radius 1 is 1.05 bits per heavy atom. The van der Waals surface area contributed by atoms with Crippen molar-refractivity contribution in [1.29, 1.82) is 0 Å². The van der Waals surface area contributed by atoms with Crippen molar-refractivity contribution < 1.29 is 4.74 Å². The van der Waals surface area contributed by atoms with Crippen LogP contribution in [0.5, 0.6) is 11.6 Å². The molecule has 0 atom stereocenters. The third-order valence-corrected chi connectivity index (χ3v) is 3.14. The molecule has 21 heavy (non-hydrogen) atoms. The highest BCUT2D eigenvalue weighted by Crippen LogP contribution is 2.29. The summed E-state index contributed by atoms with van der Waals surface area (Å²) < 4.78 is 5.97. The molecule has 3 rings (SSSR count). The molecule has 1 N–H and O–H groups in total. The number of anilines is 1. The fraction of sp³-hybridized carbons (Fsp3) is 0.176. The first-order valence-corrected chi connectivity index (χ1v) is 7.01. The van der Waals surface area contributed by atoms with E-state index in [4.69, 9.17) is 4.74 Å². The van der Waals surface area contributed by atoms with Crippen molar-refractivity contribution in [2.45, 2.75) is 13.8 Å². The zero-order chi connectivity index (χ0) is 14.7. The molecule has 106 valence electrons. The minimum absolute atomic E-state index is 0.551. The van der Waals surface area contributed by atoms with E-state index in [-0.39, 0.29) is 0 Å². The smallest absolute Gasteiger partial charge is 0.224 e. The van der Waals surface area contributed by atoms with Gasteiger partial charge in [-0.15, -0.1) is 0 Å². The monoisotopic (exact) mass is 279 g/mol. The highest BCUT2D eigenvalue weighted by Gasteiger charge is 2.06. The molecule has 4 nitrogen and oxygen atoms in total. The second kappa shape index (κ2) is 5.79. The van der Waals surface area contributed by atoms with Crippen molar-refractivity contribution in [3.8, 4) is 11.6 Å². The Bertz CT molecular complexity index is 766. The average molecular weight is 279 g/mol. The van der Waals surface area contributed by atoms with E-state index < -0.39 is 0 Å². The average Bonchev–Trinajstić information content (AvgIpc) is 2.47. The lowest BCUT2D eigenvalue weighted by Gasteiger charge is -2.10. The van der Waals surface area contributed by atoms with Crippen LogP contribution in [0.25, 0.3) is 10.8 Å². The van der Waals surface area contributed by atoms with Crippen molar-refractivity contribution >= 4 is 16.6 Å². The third-order valence-electron chi connectivity index (χ3n) is 3.14. The van der Waals surface area contributed by atoms with Crippen molar-refractivity contribution in [3.05, 3.63) is 54.4 Å². The molecule has 1 aromatic heterocycles. The zero-order valence-electron chi connectivity index (χ0n) is 12.1. The number of nitrogens with one attached hydrogen (secondary N) is 1. The maximum absolute atomic E-state index is 5.97. The summed E-state index contributed by atoms with van der Waals surface area (Å²) in [4.78, 5) is 8.67. The summed E-state index contributed by atoms with van der Waals surface area (Å²) in [5.41, 5.74) is 0. The topological polar surface area (TPSA) is 47.0 Å². The molecular weight excluding hydrogens is 262 g/mol. The Labute approximate surface area is 123 Å². The summed E-state index contributed by atoms with van der Waals surface area (Å²) in [6, 6.07) is 16.0. The number of ether oxygens (including phenoxy) is 1. The maximum atomic E-state index is 5.97. The number of rotatable bonds is 4. The van der Waals surface area contributed by atoms with Crippen LogP contribution in [0.1, 0.15) is 12.7 Å². The van der Waals surface area contributed by atoms with Gasteiger partial charge in [-0.2, -0.15) is 4.98 Å². The van der Waals surface area contributed by atoms with E-state index in [9.17, 15) is 0 Å². The number of benzene rings is 2. The van der Waals surface area contributed by atoms with Gasteiger partial charge < -0.3 is 10.1 Å². The molecule has 0 fully saturated rings. The molecule has 0 amide bonds. The fourth-order valence-electron chi connectivity index (χ4n) is 2.26. The van der Waals surface area contributed by atoms with Crippen LogP contribution in [0.15, 0.2) is 48.5 Å². The van der Waals surface area contributed by atoms with Crippen LogP contribution >= 0.6 is 0 Å². The van der Waals surface area contributed by atoms with E-state index in [0.717, 1.165) is 28.9 Å². The third kappa shape index (κ3) is 2.94. The molecule has 0 radical (unpaired) electrons. The molecule has 1 heterocycles. The van der Waals surface area contributed by atoms with Gasteiger partial charge in [0.1, 0.15) is 17.4 Å². The van der Waals surface area contributed by atoms with Crippen molar-refractivity contribution in [3.63, 3.8) is 0 Å². The van der Waals surface area contributed by atoms with E-state index >= 15 is 0 Å². The van der Waals surface area contributed by atoms with Gasteiger partial charge in [0, 0.05) is 18.0 Å². The second-order valence-electron chi connectivity index (χ2n) is 4.75. The predicted molar refractivity (Wildman–Crippen MR) is 85.0 cm³/mol. The molecule has 3 aromatic rings. The summed E-state index contributed by atoms with van der Waals surface area (Å²) in [7, 11) is 0. The van der Waals surface area contributed by atoms with Crippen LogP contribution in [-0.2, 0) is 0 Å². The summed E-state index contributed by atoms with van der Waals surface area (Å²) in [6.07, 6.45) is 0. The van der Waals surface area contributed by atoms with Crippen LogP contribution in [0.4, 0.5) is 5.82 Å². The van der Waals surface area contributed by atoms with Gasteiger partial charge >= 0.3 is 0 Å². The molecule has 0 aliphatic heterocycles. The first kappa shape index (κ1) is 13.4. The van der Waals surface area contributed by atoms with Gasteiger partial charge in [0.05, 0.1) is 0 Å². The minimum atomic E-state index is 0.551. The van der Waals surface area contributed by atoms with Gasteiger partial charge in [-0.3, -0.25) is 0 Å². The largest absolute Gasteiger partial charge is 0.438 e. The van der Waals surface area contributed by atoms with Crippen molar-refractivity contribution in [1.82, 2.24) is 9.97 Å². The van der Waals surface area contributed by atoms with Crippen LogP contribution in [0.2, 0.25) is 0 Å². The summed E-state index contributed by atoms with van der Waals surface area (Å²) in [6.45, 7) is 4.70. The van der Waals surface area contributed by atoms with Crippen LogP contribution < -0.4 is 10.1 Å². The van der Waals surface area contributed by atoms with Crippen molar-refractivity contribution in [2.75, 3.05) is 11.9 Å². The van der Waals surface area contributed by atoms with Gasteiger partial charge in [0.15, 0.2) is 0 Å². The van der Waals surface area contributed by atoms with Gasteiger partial charge in [-0.1, -0.05) is 36.4 Å². The predicted octanol–water partition coefficient (Wildman–Crippen LogP) is 4.16. The Balaban J connectivity index is 1.98. The summed E-state index contributed by atoms with van der Waals surface area (Å²) >= 11 is 0. The SMILES string of the molecule is CCNc1cc(Oc2cccc3ccccc23)nc(C)n1. The number of hydrogen-bond acceptors (Lipinski definition) is 4. The molecule has 0 spiro atoms. The number of fused-ring (bicyclic) bond motifs is 1. The van der Waals surface area contributed by atoms with Crippen LogP contribution in [-0.4, -0.2) is 16.5 Å². The van der Waals surface area contributed by atoms with E-state index in [2.05, 4.69) is 27.4 Å². The Hall–Kier alpha value is -2.62. The van der Waals surface area contributed by atoms with E-state index in [1.165, 1.54) is 0 Å². The number of nitrogens with zero attached hydrogens (tertiary/aromatic N) is 2. The molecule has 0 saturated heterocycles. The lowest BCUT2D eigenvalue weighted by molar-refractivity contribution is 0.465. The molecule has 2 aromatic carbocycles. The maximum Gasteiger partial charge on any atom is 0.224 e. The van der Waals surface area contributed by atoms with Gasteiger partial charge in [0.25, 0.3) is 0 Å². The van der Waals surface area contributed by atoms with Gasteiger partial charge in [0.2, 0.25) is 5.88 Å². The fourth-order valence-corrected chi connectivity index (χ4v) is 2.26. The molecule has 0 unspecified atom stereocenters. The van der Waals surface area contributed by atoms with Gasteiger partial charge in [-0.25, -0.2) is 4.98 Å². The molecule has 0 aliphatic carbocycles. The second-order valence-corrected chi connectivity index (χ2v) is 4.75. The van der Waals surface area contributed by atoms with Crippen LogP contribution in [0, 0.1) is 6.92 Å². The summed E-state index contributed by atoms with van der Waals surface area (Å²) in [5.74, 6) is 2.81. The minimum Gasteiger partial charge on any atom is -0.438 e. The quantitative estimate of drug-likeness (QED) is 0.779. The standard InChI is InChI=1S/C17H17N3O/c1-3-18-16-11-17(20-12(2)19-16)21-15-10-6-8-13-7-4-5-9-14(13)15/h4-11H,3H2,1-2H3,(H,18,19,20). The lowest BCUT2D eigenvalue weighted by Crippen LogP contribution is -2.02. The first-order chi connectivity index (χ1) is 10.3. The molecule has 4 heteroatoms. The van der Waals surface area contributed by atoms with Gasteiger partial charge in [-0.05, 0) is 25.3 Å². The zero-order valence-corrected chi connectivity index (χ0v) is 12.1. The van der Waals surface area contributed by atoms with E-state index in [0.29, 0.717) is 11.7 Å². The molecule has 0 bridgehead atoms.